The molecule has 2 aromatic carbocycles. The SMILES string of the molecule is COc1cc(C=NN=C2NC(=O)C(CC(=O)O)S2)cc(Br)c1Oc1ccc([N+](=O)[O-])cc1[N+](=O)[O-]. The summed E-state index contributed by atoms with van der Waals surface area (Å²) in [6.07, 6.45) is 0.980. The number of nitrogens with zero attached hydrogens (tertiary/aromatic N) is 4. The van der Waals surface area contributed by atoms with Crippen molar-refractivity contribution in [2.24, 2.45) is 10.2 Å². The molecule has 0 aromatic heterocycles. The number of carbonyl (C=O) groups is 2. The number of carboxylic acid groups (broad SMARTS) is 1. The van der Waals surface area contributed by atoms with Gasteiger partial charge >= 0.3 is 11.7 Å². The monoisotopic (exact) mass is 567 g/mol. The molecule has 16 heteroatoms. The Morgan fingerprint density at radius 3 is 2.63 bits per heavy atom. The Kier molecular flexibility index (Phi) is 7.98. The number of thioether (sulfide) groups is 1. The van der Waals surface area contributed by atoms with Crippen LogP contribution in [-0.2, 0) is 9.59 Å². The standard InChI is InChI=1S/C19H14BrN5O9S/c1-33-14-5-9(8-21-23-19-22-18(28)15(35-19)7-16(26)27)4-11(20)17(14)34-13-3-2-10(24(29)30)6-12(13)25(31)32/h2-6,8,15H,7H2,1H3,(H,26,27)(H,22,23,28). The van der Waals surface area contributed by atoms with Gasteiger partial charge in [0.15, 0.2) is 16.7 Å². The summed E-state index contributed by atoms with van der Waals surface area (Å²) in [5.74, 6) is -1.59. The van der Waals surface area contributed by atoms with Crippen LogP contribution in [0.4, 0.5) is 11.4 Å². The highest BCUT2D eigenvalue weighted by atomic mass is 79.9. The number of carboxylic acids is 1. The number of hydrogen-bond donors (Lipinski definition) is 2. The van der Waals surface area contributed by atoms with Crippen molar-refractivity contribution in [3.63, 3.8) is 0 Å². The van der Waals surface area contributed by atoms with Gasteiger partial charge in [0, 0.05) is 6.07 Å². The molecule has 1 amide bonds. The van der Waals surface area contributed by atoms with Crippen molar-refractivity contribution >= 4 is 62.3 Å². The Bertz CT molecular complexity index is 1280. The van der Waals surface area contributed by atoms with Gasteiger partial charge in [-0.15, -0.1) is 5.10 Å². The molecule has 1 aliphatic heterocycles. The molecule has 0 saturated carbocycles. The molecule has 2 N–H and O–H groups in total. The fourth-order valence-electron chi connectivity index (χ4n) is 2.76. The predicted molar refractivity (Wildman–Crippen MR) is 127 cm³/mol. The van der Waals surface area contributed by atoms with Crippen LogP contribution in [0.25, 0.3) is 0 Å². The molecule has 0 aliphatic carbocycles. The van der Waals surface area contributed by atoms with Crippen molar-refractivity contribution in [1.29, 1.82) is 0 Å². The highest BCUT2D eigenvalue weighted by Crippen LogP contribution is 2.42. The molecule has 1 atom stereocenters. The summed E-state index contributed by atoms with van der Waals surface area (Å²) in [4.78, 5) is 43.3. The lowest BCUT2D eigenvalue weighted by atomic mass is 10.2. The molecule has 0 radical (unpaired) electrons. The van der Waals surface area contributed by atoms with E-state index >= 15 is 0 Å². The topological polar surface area (TPSA) is 196 Å². The molecule has 1 unspecified atom stereocenters. The number of benzene rings is 2. The first-order valence-corrected chi connectivity index (χ1v) is 11.0. The van der Waals surface area contributed by atoms with Gasteiger partial charge in [-0.3, -0.25) is 29.8 Å². The van der Waals surface area contributed by atoms with Gasteiger partial charge in [-0.05, 0) is 39.7 Å². The van der Waals surface area contributed by atoms with Crippen LogP contribution in [0.1, 0.15) is 12.0 Å². The summed E-state index contributed by atoms with van der Waals surface area (Å²) in [7, 11) is 1.34. The third-order valence-corrected chi connectivity index (χ3v) is 5.97. The lowest BCUT2D eigenvalue weighted by Gasteiger charge is -2.13. The summed E-state index contributed by atoms with van der Waals surface area (Å²) in [6.45, 7) is 0. The van der Waals surface area contributed by atoms with Crippen molar-refractivity contribution < 1.29 is 34.0 Å². The number of ether oxygens (including phenoxy) is 2. The van der Waals surface area contributed by atoms with Crippen LogP contribution in [0.3, 0.4) is 0 Å². The average molecular weight is 568 g/mol. The fraction of sp³-hybridized carbons (Fsp3) is 0.158. The van der Waals surface area contributed by atoms with E-state index in [0.717, 1.165) is 30.0 Å². The normalized spacial score (nSPS) is 16.3. The molecule has 3 rings (SSSR count). The highest BCUT2D eigenvalue weighted by Gasteiger charge is 2.32. The smallest absolute Gasteiger partial charge is 0.318 e. The minimum atomic E-state index is -1.11. The van der Waals surface area contributed by atoms with E-state index in [1.54, 1.807) is 6.07 Å². The van der Waals surface area contributed by atoms with Gasteiger partial charge in [0.2, 0.25) is 11.7 Å². The number of amidine groups is 1. The number of nitrogens with one attached hydrogen (secondary N) is 1. The van der Waals surface area contributed by atoms with Crippen LogP contribution >= 0.6 is 27.7 Å². The van der Waals surface area contributed by atoms with E-state index < -0.39 is 38.3 Å². The first-order chi connectivity index (χ1) is 16.6. The Labute approximate surface area is 208 Å². The average Bonchev–Trinajstić information content (AvgIpc) is 3.13. The molecule has 14 nitrogen and oxygen atoms in total. The van der Waals surface area contributed by atoms with Gasteiger partial charge in [0.1, 0.15) is 5.25 Å². The van der Waals surface area contributed by atoms with Crippen LogP contribution in [0.15, 0.2) is 45.0 Å². The van der Waals surface area contributed by atoms with Crippen LogP contribution in [-0.4, -0.2) is 50.6 Å². The molecule has 1 aliphatic rings. The molecule has 35 heavy (non-hydrogen) atoms. The molecular weight excluding hydrogens is 554 g/mol. The van der Waals surface area contributed by atoms with Gasteiger partial charge < -0.3 is 19.9 Å². The number of nitro benzene ring substituents is 2. The van der Waals surface area contributed by atoms with Gasteiger partial charge in [-0.1, -0.05) is 11.8 Å². The Morgan fingerprint density at radius 1 is 1.26 bits per heavy atom. The van der Waals surface area contributed by atoms with E-state index in [4.69, 9.17) is 14.6 Å². The molecule has 2 aromatic rings. The number of hydrogen-bond acceptors (Lipinski definition) is 11. The second kappa shape index (κ2) is 10.9. The lowest BCUT2D eigenvalue weighted by Crippen LogP contribution is -2.26. The summed E-state index contributed by atoms with van der Waals surface area (Å²) in [5, 5.41) is 40.6. The van der Waals surface area contributed by atoms with Crippen LogP contribution in [0.2, 0.25) is 0 Å². The van der Waals surface area contributed by atoms with Crippen molar-refractivity contribution in [3.05, 3.63) is 60.6 Å². The number of carbonyl (C=O) groups excluding carboxylic acids is 1. The van der Waals surface area contributed by atoms with Crippen LogP contribution in [0.5, 0.6) is 17.2 Å². The number of rotatable bonds is 9. The van der Waals surface area contributed by atoms with E-state index in [2.05, 4.69) is 31.4 Å². The first-order valence-electron chi connectivity index (χ1n) is 9.37. The maximum Gasteiger partial charge on any atom is 0.318 e. The summed E-state index contributed by atoms with van der Waals surface area (Å²) >= 11 is 4.24. The molecule has 0 bridgehead atoms. The Hall–Kier alpha value is -4.05. The second-order valence-corrected chi connectivity index (χ2v) is 8.69. The molecule has 1 saturated heterocycles. The number of amides is 1. The Morgan fingerprint density at radius 2 is 2.00 bits per heavy atom. The lowest BCUT2D eigenvalue weighted by molar-refractivity contribution is -0.394. The summed E-state index contributed by atoms with van der Waals surface area (Å²) < 4.78 is 11.3. The van der Waals surface area contributed by atoms with Gasteiger partial charge in [-0.25, -0.2) is 0 Å². The van der Waals surface area contributed by atoms with E-state index in [1.165, 1.54) is 19.4 Å². The zero-order valence-electron chi connectivity index (χ0n) is 17.5. The number of nitro groups is 2. The number of methoxy groups -OCH3 is 1. The van der Waals surface area contributed by atoms with E-state index in [9.17, 15) is 29.8 Å². The van der Waals surface area contributed by atoms with Gasteiger partial charge in [0.25, 0.3) is 5.69 Å². The molecular formula is C19H14BrN5O9S. The zero-order valence-corrected chi connectivity index (χ0v) is 19.9. The third kappa shape index (κ3) is 6.30. The first kappa shape index (κ1) is 25.6. The maximum atomic E-state index is 11.7. The second-order valence-electron chi connectivity index (χ2n) is 6.65. The fourth-order valence-corrected chi connectivity index (χ4v) is 4.22. The largest absolute Gasteiger partial charge is 0.493 e. The molecule has 1 fully saturated rings. The zero-order chi connectivity index (χ0) is 25.7. The number of non-ortho nitro benzene ring substituents is 1. The number of halogens is 1. The van der Waals surface area contributed by atoms with Crippen LogP contribution in [0, 0.1) is 20.2 Å². The molecule has 1 heterocycles. The molecule has 0 spiro atoms. The van der Waals surface area contributed by atoms with E-state index in [-0.39, 0.29) is 28.8 Å². The van der Waals surface area contributed by atoms with E-state index in [1.807, 2.05) is 0 Å². The van der Waals surface area contributed by atoms with Crippen molar-refractivity contribution in [3.8, 4) is 17.2 Å². The van der Waals surface area contributed by atoms with Crippen molar-refractivity contribution in [1.82, 2.24) is 5.32 Å². The summed E-state index contributed by atoms with van der Waals surface area (Å²) in [6, 6.07) is 6.01. The predicted octanol–water partition coefficient (Wildman–Crippen LogP) is 3.46. The Balaban J connectivity index is 1.83. The maximum absolute atomic E-state index is 11.7. The van der Waals surface area contributed by atoms with Gasteiger partial charge in [0.05, 0.1) is 40.1 Å². The molecule has 182 valence electrons. The quantitative estimate of drug-likeness (QED) is 0.257. The third-order valence-electron chi connectivity index (χ3n) is 4.31. The highest BCUT2D eigenvalue weighted by molar-refractivity contribution is 9.10. The van der Waals surface area contributed by atoms with Gasteiger partial charge in [-0.2, -0.15) is 5.10 Å². The number of aliphatic carboxylic acids is 1. The van der Waals surface area contributed by atoms with E-state index in [0.29, 0.717) is 10.0 Å². The van der Waals surface area contributed by atoms with Crippen LogP contribution < -0.4 is 14.8 Å². The van der Waals surface area contributed by atoms with Crippen molar-refractivity contribution in [2.45, 2.75) is 11.7 Å². The minimum absolute atomic E-state index is 0.0723. The van der Waals surface area contributed by atoms with Crippen molar-refractivity contribution in [2.75, 3.05) is 7.11 Å². The summed E-state index contributed by atoms with van der Waals surface area (Å²) in [5.41, 5.74) is -0.596. The minimum Gasteiger partial charge on any atom is -0.493 e.